The summed E-state index contributed by atoms with van der Waals surface area (Å²) in [6.07, 6.45) is 6.00. The molecule has 1 saturated carbocycles. The van der Waals surface area contributed by atoms with Crippen molar-refractivity contribution in [3.05, 3.63) is 0 Å². The molecular formula is C14H25NO4. The largest absolute Gasteiger partial charge is 0.481 e. The normalized spacial score (nSPS) is 16.5. The molecule has 0 unspecified atom stereocenters. The van der Waals surface area contributed by atoms with Crippen LogP contribution in [0.4, 0.5) is 0 Å². The number of nitrogens with one attached hydrogen (secondary N) is 1. The van der Waals surface area contributed by atoms with E-state index in [1.165, 1.54) is 12.8 Å². The maximum atomic E-state index is 11.6. The molecule has 5 nitrogen and oxygen atoms in total. The molecule has 1 amide bonds. The Morgan fingerprint density at radius 2 is 1.95 bits per heavy atom. The van der Waals surface area contributed by atoms with E-state index in [-0.39, 0.29) is 12.3 Å². The summed E-state index contributed by atoms with van der Waals surface area (Å²) in [6, 6.07) is 0. The van der Waals surface area contributed by atoms with Gasteiger partial charge in [-0.3, -0.25) is 9.59 Å². The summed E-state index contributed by atoms with van der Waals surface area (Å²) >= 11 is 0. The zero-order valence-electron chi connectivity index (χ0n) is 11.9. The van der Waals surface area contributed by atoms with Gasteiger partial charge in [-0.25, -0.2) is 0 Å². The Balaban J connectivity index is 2.05. The SMILES string of the molecule is CC(C)(CC(=O)NCCCOC1CCCC1)C(=O)O. The van der Waals surface area contributed by atoms with Crippen molar-refractivity contribution >= 4 is 11.9 Å². The number of amides is 1. The predicted octanol–water partition coefficient (Wildman–Crippen LogP) is 1.95. The molecule has 5 heteroatoms. The van der Waals surface area contributed by atoms with E-state index in [0.29, 0.717) is 19.3 Å². The molecule has 0 aromatic heterocycles. The number of hydrogen-bond acceptors (Lipinski definition) is 3. The van der Waals surface area contributed by atoms with Gasteiger partial charge >= 0.3 is 5.97 Å². The minimum atomic E-state index is -1.01. The van der Waals surface area contributed by atoms with Crippen molar-refractivity contribution in [3.63, 3.8) is 0 Å². The third kappa shape index (κ3) is 6.05. The van der Waals surface area contributed by atoms with Crippen molar-refractivity contribution < 1.29 is 19.4 Å². The molecule has 1 aliphatic rings. The van der Waals surface area contributed by atoms with Gasteiger partial charge in [0.05, 0.1) is 11.5 Å². The highest BCUT2D eigenvalue weighted by Crippen LogP contribution is 2.21. The van der Waals surface area contributed by atoms with Gasteiger partial charge in [-0.1, -0.05) is 12.8 Å². The molecule has 1 rings (SSSR count). The predicted molar refractivity (Wildman–Crippen MR) is 71.9 cm³/mol. The lowest BCUT2D eigenvalue weighted by atomic mass is 9.89. The highest BCUT2D eigenvalue weighted by molar-refractivity contribution is 5.84. The summed E-state index contributed by atoms with van der Waals surface area (Å²) in [7, 11) is 0. The monoisotopic (exact) mass is 271 g/mol. The average Bonchev–Trinajstić information content (AvgIpc) is 2.80. The van der Waals surface area contributed by atoms with Gasteiger partial charge in [-0.05, 0) is 33.1 Å². The first-order chi connectivity index (χ1) is 8.92. The van der Waals surface area contributed by atoms with Crippen LogP contribution in [0.5, 0.6) is 0 Å². The van der Waals surface area contributed by atoms with E-state index in [1.807, 2.05) is 0 Å². The van der Waals surface area contributed by atoms with Gasteiger partial charge in [0, 0.05) is 19.6 Å². The van der Waals surface area contributed by atoms with Crippen LogP contribution in [0.15, 0.2) is 0 Å². The fourth-order valence-corrected chi connectivity index (χ4v) is 2.14. The summed E-state index contributed by atoms with van der Waals surface area (Å²) in [5.74, 6) is -1.17. The first kappa shape index (κ1) is 16.0. The Morgan fingerprint density at radius 3 is 2.53 bits per heavy atom. The topological polar surface area (TPSA) is 75.6 Å². The molecule has 0 radical (unpaired) electrons. The Morgan fingerprint density at radius 1 is 1.32 bits per heavy atom. The number of carbonyl (C=O) groups is 2. The lowest BCUT2D eigenvalue weighted by Crippen LogP contribution is -2.34. The van der Waals surface area contributed by atoms with Crippen LogP contribution in [0.25, 0.3) is 0 Å². The fraction of sp³-hybridized carbons (Fsp3) is 0.857. The average molecular weight is 271 g/mol. The third-order valence-corrected chi connectivity index (χ3v) is 3.48. The van der Waals surface area contributed by atoms with Crippen LogP contribution >= 0.6 is 0 Å². The van der Waals surface area contributed by atoms with Crippen molar-refractivity contribution in [2.24, 2.45) is 5.41 Å². The number of rotatable bonds is 8. The second-order valence-electron chi connectivity index (χ2n) is 5.85. The Kier molecular flexibility index (Phi) is 6.28. The number of hydrogen-bond donors (Lipinski definition) is 2. The Hall–Kier alpha value is -1.10. The summed E-state index contributed by atoms with van der Waals surface area (Å²) < 4.78 is 5.68. The minimum absolute atomic E-state index is 0.00577. The lowest BCUT2D eigenvalue weighted by molar-refractivity contribution is -0.149. The molecule has 0 heterocycles. The van der Waals surface area contributed by atoms with E-state index in [0.717, 1.165) is 19.3 Å². The van der Waals surface area contributed by atoms with E-state index in [1.54, 1.807) is 13.8 Å². The molecular weight excluding hydrogens is 246 g/mol. The summed E-state index contributed by atoms with van der Waals surface area (Å²) in [4.78, 5) is 22.4. The van der Waals surface area contributed by atoms with E-state index in [4.69, 9.17) is 9.84 Å². The summed E-state index contributed by atoms with van der Waals surface area (Å²) in [5.41, 5.74) is -1.01. The van der Waals surface area contributed by atoms with Crippen LogP contribution in [-0.2, 0) is 14.3 Å². The van der Waals surface area contributed by atoms with Crippen molar-refractivity contribution in [1.29, 1.82) is 0 Å². The maximum absolute atomic E-state index is 11.6. The number of carboxylic acid groups (broad SMARTS) is 1. The molecule has 19 heavy (non-hydrogen) atoms. The standard InChI is InChI=1S/C14H25NO4/c1-14(2,13(17)18)10-12(16)15-8-5-9-19-11-6-3-4-7-11/h11H,3-10H2,1-2H3,(H,15,16)(H,17,18). The van der Waals surface area contributed by atoms with Gasteiger partial charge in [-0.15, -0.1) is 0 Å². The molecule has 0 aromatic rings. The van der Waals surface area contributed by atoms with Gasteiger partial charge in [-0.2, -0.15) is 0 Å². The number of carboxylic acids is 1. The van der Waals surface area contributed by atoms with Crippen LogP contribution in [0.2, 0.25) is 0 Å². The Labute approximate surface area is 114 Å². The third-order valence-electron chi connectivity index (χ3n) is 3.48. The van der Waals surface area contributed by atoms with Crippen molar-refractivity contribution in [2.75, 3.05) is 13.2 Å². The maximum Gasteiger partial charge on any atom is 0.309 e. The van der Waals surface area contributed by atoms with Gasteiger partial charge in [0.2, 0.25) is 5.91 Å². The molecule has 0 bridgehead atoms. The highest BCUT2D eigenvalue weighted by atomic mass is 16.5. The van der Waals surface area contributed by atoms with Crippen LogP contribution in [-0.4, -0.2) is 36.2 Å². The number of ether oxygens (including phenoxy) is 1. The van der Waals surface area contributed by atoms with Crippen LogP contribution in [0.1, 0.15) is 52.4 Å². The van der Waals surface area contributed by atoms with E-state index < -0.39 is 11.4 Å². The zero-order chi connectivity index (χ0) is 14.3. The van der Waals surface area contributed by atoms with Crippen LogP contribution < -0.4 is 5.32 Å². The van der Waals surface area contributed by atoms with E-state index in [2.05, 4.69) is 5.32 Å². The minimum Gasteiger partial charge on any atom is -0.481 e. The van der Waals surface area contributed by atoms with E-state index in [9.17, 15) is 9.59 Å². The quantitative estimate of drug-likeness (QED) is 0.662. The second kappa shape index (κ2) is 7.48. The van der Waals surface area contributed by atoms with Gasteiger partial charge in [0.25, 0.3) is 0 Å². The molecule has 0 saturated heterocycles. The van der Waals surface area contributed by atoms with Gasteiger partial charge in [0.1, 0.15) is 0 Å². The number of aliphatic carboxylic acids is 1. The molecule has 0 atom stereocenters. The van der Waals surface area contributed by atoms with Crippen LogP contribution in [0, 0.1) is 5.41 Å². The zero-order valence-corrected chi connectivity index (χ0v) is 11.9. The fourth-order valence-electron chi connectivity index (χ4n) is 2.14. The first-order valence-electron chi connectivity index (χ1n) is 7.03. The van der Waals surface area contributed by atoms with E-state index >= 15 is 0 Å². The molecule has 0 aliphatic heterocycles. The van der Waals surface area contributed by atoms with Crippen molar-refractivity contribution in [1.82, 2.24) is 5.32 Å². The molecule has 0 spiro atoms. The summed E-state index contributed by atoms with van der Waals surface area (Å²) in [6.45, 7) is 4.31. The molecule has 110 valence electrons. The molecule has 2 N–H and O–H groups in total. The summed E-state index contributed by atoms with van der Waals surface area (Å²) in [5, 5.41) is 11.7. The van der Waals surface area contributed by atoms with Crippen molar-refractivity contribution in [3.8, 4) is 0 Å². The number of carbonyl (C=O) groups excluding carboxylic acids is 1. The molecule has 1 aliphatic carbocycles. The second-order valence-corrected chi connectivity index (χ2v) is 5.85. The first-order valence-corrected chi connectivity index (χ1v) is 7.03. The molecule has 1 fully saturated rings. The molecule has 0 aromatic carbocycles. The van der Waals surface area contributed by atoms with Crippen LogP contribution in [0.3, 0.4) is 0 Å². The highest BCUT2D eigenvalue weighted by Gasteiger charge is 2.29. The lowest BCUT2D eigenvalue weighted by Gasteiger charge is -2.18. The van der Waals surface area contributed by atoms with Gasteiger partial charge in [0.15, 0.2) is 0 Å². The van der Waals surface area contributed by atoms with Crippen molar-refractivity contribution in [2.45, 2.75) is 58.5 Å². The van der Waals surface area contributed by atoms with Gasteiger partial charge < -0.3 is 15.2 Å². The Bertz CT molecular complexity index is 309. The smallest absolute Gasteiger partial charge is 0.309 e.